The van der Waals surface area contributed by atoms with Crippen molar-refractivity contribution in [1.82, 2.24) is 0 Å². The van der Waals surface area contributed by atoms with Crippen LogP contribution in [0.5, 0.6) is 0 Å². The smallest absolute Gasteiger partial charge is 0.328 e. The summed E-state index contributed by atoms with van der Waals surface area (Å²) in [6.45, 7) is 7.32. The van der Waals surface area contributed by atoms with Crippen molar-refractivity contribution < 1.29 is 19.1 Å². The highest BCUT2D eigenvalue weighted by Gasteiger charge is 2.49. The number of hydrogen-bond acceptors (Lipinski definition) is 4. The number of rotatable bonds is 7. The van der Waals surface area contributed by atoms with E-state index in [1.54, 1.807) is 38.1 Å². The molecule has 0 fully saturated rings. The molecule has 4 nitrogen and oxygen atoms in total. The molecule has 5 heteroatoms. The van der Waals surface area contributed by atoms with Crippen LogP contribution in [0.2, 0.25) is 5.02 Å². The van der Waals surface area contributed by atoms with Gasteiger partial charge in [0.25, 0.3) is 0 Å². The Labute approximate surface area is 129 Å². The van der Waals surface area contributed by atoms with Crippen LogP contribution in [0.4, 0.5) is 0 Å². The number of carbonyl (C=O) groups excluding carboxylic acids is 2. The molecule has 0 saturated carbocycles. The maximum Gasteiger partial charge on any atom is 0.328 e. The molecule has 1 rings (SSSR count). The minimum absolute atomic E-state index is 0.0744. The van der Waals surface area contributed by atoms with Gasteiger partial charge in [-0.1, -0.05) is 29.8 Å². The van der Waals surface area contributed by atoms with Crippen molar-refractivity contribution in [2.75, 3.05) is 13.2 Å². The Morgan fingerprint density at radius 2 is 1.81 bits per heavy atom. The lowest BCUT2D eigenvalue weighted by Gasteiger charge is -2.28. The molecular weight excluding hydrogens is 292 g/mol. The van der Waals surface area contributed by atoms with Crippen LogP contribution in [0.1, 0.15) is 25.8 Å². The summed E-state index contributed by atoms with van der Waals surface area (Å²) in [6, 6.07) is 6.57. The Hall–Kier alpha value is -1.81. The van der Waals surface area contributed by atoms with Crippen molar-refractivity contribution in [1.29, 1.82) is 0 Å². The molecule has 0 aliphatic carbocycles. The second kappa shape index (κ2) is 7.84. The topological polar surface area (TPSA) is 52.6 Å². The molecule has 0 radical (unpaired) electrons. The minimum atomic E-state index is -1.57. The number of carbonyl (C=O) groups is 2. The standard InChI is InChI=1S/C16H19ClO4/c1-4-10-16(14(18)20-5-2,15(19)21-6-3)12-8-7-9-13(17)11-12/h4,7-9,11H,1,5-6,10H2,2-3H3. The van der Waals surface area contributed by atoms with E-state index in [1.807, 2.05) is 0 Å². The highest BCUT2D eigenvalue weighted by Crippen LogP contribution is 2.33. The molecule has 0 aromatic heterocycles. The highest BCUT2D eigenvalue weighted by atomic mass is 35.5. The van der Waals surface area contributed by atoms with Crippen LogP contribution < -0.4 is 0 Å². The number of ether oxygens (including phenoxy) is 2. The van der Waals surface area contributed by atoms with Gasteiger partial charge in [0, 0.05) is 5.02 Å². The van der Waals surface area contributed by atoms with Crippen LogP contribution >= 0.6 is 11.6 Å². The van der Waals surface area contributed by atoms with Crippen molar-refractivity contribution in [3.05, 3.63) is 47.5 Å². The summed E-state index contributed by atoms with van der Waals surface area (Å²) in [5.74, 6) is -1.32. The summed E-state index contributed by atoms with van der Waals surface area (Å²) in [5, 5.41) is 0.425. The third-order valence-electron chi connectivity index (χ3n) is 3.02. The second-order valence-electron chi connectivity index (χ2n) is 4.35. The van der Waals surface area contributed by atoms with E-state index in [9.17, 15) is 9.59 Å². The van der Waals surface area contributed by atoms with E-state index in [2.05, 4.69) is 6.58 Å². The Morgan fingerprint density at radius 1 is 1.24 bits per heavy atom. The lowest BCUT2D eigenvalue weighted by Crippen LogP contribution is -2.46. The fourth-order valence-corrected chi connectivity index (χ4v) is 2.27. The quantitative estimate of drug-likeness (QED) is 0.440. The summed E-state index contributed by atoms with van der Waals surface area (Å²) in [5.41, 5.74) is -1.13. The Kier molecular flexibility index (Phi) is 6.43. The first-order valence-corrected chi connectivity index (χ1v) is 7.12. The molecule has 0 aliphatic rings. The van der Waals surface area contributed by atoms with Crippen LogP contribution in [0, 0.1) is 0 Å². The van der Waals surface area contributed by atoms with Crippen LogP contribution in [0.3, 0.4) is 0 Å². The van der Waals surface area contributed by atoms with Crippen molar-refractivity contribution >= 4 is 23.5 Å². The van der Waals surface area contributed by atoms with Gasteiger partial charge in [-0.05, 0) is 38.0 Å². The first kappa shape index (κ1) is 17.2. The van der Waals surface area contributed by atoms with Gasteiger partial charge < -0.3 is 9.47 Å². The SMILES string of the molecule is C=CCC(C(=O)OCC)(C(=O)OCC)c1cccc(Cl)c1. The van der Waals surface area contributed by atoms with Crippen molar-refractivity contribution in [3.8, 4) is 0 Å². The summed E-state index contributed by atoms with van der Waals surface area (Å²) >= 11 is 5.98. The van der Waals surface area contributed by atoms with Gasteiger partial charge in [0.2, 0.25) is 0 Å². The van der Waals surface area contributed by atoms with Crippen LogP contribution in [0.15, 0.2) is 36.9 Å². The van der Waals surface area contributed by atoms with E-state index in [4.69, 9.17) is 21.1 Å². The summed E-state index contributed by atoms with van der Waals surface area (Å²) in [7, 11) is 0. The zero-order valence-corrected chi connectivity index (χ0v) is 13.0. The molecule has 0 heterocycles. The van der Waals surface area contributed by atoms with E-state index >= 15 is 0 Å². The summed E-state index contributed by atoms with van der Waals surface area (Å²) in [4.78, 5) is 24.9. The molecule has 0 unspecified atom stereocenters. The highest BCUT2D eigenvalue weighted by molar-refractivity contribution is 6.30. The molecule has 1 aromatic rings. The lowest BCUT2D eigenvalue weighted by atomic mass is 9.77. The number of esters is 2. The number of hydrogen-bond donors (Lipinski definition) is 0. The molecular formula is C16H19ClO4. The van der Waals surface area contributed by atoms with Gasteiger partial charge in [-0.25, -0.2) is 0 Å². The van der Waals surface area contributed by atoms with E-state index in [1.165, 1.54) is 6.08 Å². The van der Waals surface area contributed by atoms with Crippen molar-refractivity contribution in [2.45, 2.75) is 25.7 Å². The van der Waals surface area contributed by atoms with Gasteiger partial charge in [0.1, 0.15) is 0 Å². The molecule has 0 atom stereocenters. The number of benzene rings is 1. The molecule has 0 amide bonds. The monoisotopic (exact) mass is 310 g/mol. The molecule has 1 aromatic carbocycles. The Balaban J connectivity index is 3.46. The van der Waals surface area contributed by atoms with E-state index in [0.717, 1.165) is 0 Å². The molecule has 21 heavy (non-hydrogen) atoms. The van der Waals surface area contributed by atoms with Gasteiger partial charge in [-0.2, -0.15) is 0 Å². The molecule has 0 bridgehead atoms. The van der Waals surface area contributed by atoms with Crippen LogP contribution in [0.25, 0.3) is 0 Å². The average Bonchev–Trinajstić information content (AvgIpc) is 2.45. The van der Waals surface area contributed by atoms with Gasteiger partial charge in [-0.3, -0.25) is 9.59 Å². The van der Waals surface area contributed by atoms with Crippen molar-refractivity contribution in [2.24, 2.45) is 0 Å². The second-order valence-corrected chi connectivity index (χ2v) is 4.79. The molecule has 114 valence electrons. The van der Waals surface area contributed by atoms with E-state index < -0.39 is 17.4 Å². The third kappa shape index (κ3) is 3.64. The Morgan fingerprint density at radius 3 is 2.24 bits per heavy atom. The maximum atomic E-state index is 12.5. The third-order valence-corrected chi connectivity index (χ3v) is 3.25. The zero-order chi connectivity index (χ0) is 15.9. The minimum Gasteiger partial charge on any atom is -0.465 e. The van der Waals surface area contributed by atoms with Gasteiger partial charge >= 0.3 is 11.9 Å². The molecule has 0 saturated heterocycles. The molecule has 0 N–H and O–H groups in total. The number of halogens is 1. The molecule has 0 aliphatic heterocycles. The normalized spacial score (nSPS) is 10.8. The van der Waals surface area contributed by atoms with Gasteiger partial charge in [0.15, 0.2) is 5.41 Å². The Bertz CT molecular complexity index is 507. The average molecular weight is 311 g/mol. The van der Waals surface area contributed by atoms with Crippen LogP contribution in [-0.2, 0) is 24.5 Å². The van der Waals surface area contributed by atoms with Gasteiger partial charge in [-0.15, -0.1) is 6.58 Å². The van der Waals surface area contributed by atoms with E-state index in [-0.39, 0.29) is 19.6 Å². The first-order valence-electron chi connectivity index (χ1n) is 6.74. The van der Waals surface area contributed by atoms with E-state index in [0.29, 0.717) is 10.6 Å². The van der Waals surface area contributed by atoms with Crippen molar-refractivity contribution in [3.63, 3.8) is 0 Å². The van der Waals surface area contributed by atoms with Gasteiger partial charge in [0.05, 0.1) is 13.2 Å². The first-order chi connectivity index (χ1) is 10.0. The molecule has 0 spiro atoms. The lowest BCUT2D eigenvalue weighted by molar-refractivity contribution is -0.164. The summed E-state index contributed by atoms with van der Waals surface area (Å²) in [6.07, 6.45) is 1.57. The van der Waals surface area contributed by atoms with Crippen LogP contribution in [-0.4, -0.2) is 25.2 Å². The predicted molar refractivity (Wildman–Crippen MR) is 81.2 cm³/mol. The fourth-order valence-electron chi connectivity index (χ4n) is 2.08. The predicted octanol–water partition coefficient (Wildman–Crippen LogP) is 3.28. The summed E-state index contributed by atoms with van der Waals surface area (Å²) < 4.78 is 10.2. The maximum absolute atomic E-state index is 12.5. The largest absolute Gasteiger partial charge is 0.465 e. The zero-order valence-electron chi connectivity index (χ0n) is 12.2. The fraction of sp³-hybridized carbons (Fsp3) is 0.375. The number of allylic oxidation sites excluding steroid dienone is 1.